The summed E-state index contributed by atoms with van der Waals surface area (Å²) in [6.45, 7) is 6.03. The predicted octanol–water partition coefficient (Wildman–Crippen LogP) is 2.45. The molecule has 68 valence electrons. The molecular formula is C10H16O2. The molecule has 2 atom stereocenters. The van der Waals surface area contributed by atoms with Crippen molar-refractivity contribution < 1.29 is 9.90 Å². The van der Waals surface area contributed by atoms with E-state index in [0.717, 1.165) is 18.4 Å². The Bertz CT molecular complexity index is 224. The summed E-state index contributed by atoms with van der Waals surface area (Å²) in [7, 11) is 0. The number of allylic oxidation sites excluding steroid dienone is 1. The highest BCUT2D eigenvalue weighted by atomic mass is 16.4. The molecule has 2 nitrogen and oxygen atoms in total. The van der Waals surface area contributed by atoms with Crippen molar-refractivity contribution in [3.05, 3.63) is 11.1 Å². The summed E-state index contributed by atoms with van der Waals surface area (Å²) in [5.41, 5.74) is 2.33. The molecule has 1 rings (SSSR count). The van der Waals surface area contributed by atoms with Gasteiger partial charge in [0.2, 0.25) is 0 Å². The van der Waals surface area contributed by atoms with Crippen LogP contribution < -0.4 is 0 Å². The molecule has 1 unspecified atom stereocenters. The monoisotopic (exact) mass is 168 g/mol. The van der Waals surface area contributed by atoms with E-state index in [1.165, 1.54) is 5.57 Å². The molecule has 2 heteroatoms. The molecule has 0 saturated heterocycles. The number of hydrogen-bond acceptors (Lipinski definition) is 1. The Morgan fingerprint density at radius 2 is 2.08 bits per heavy atom. The lowest BCUT2D eigenvalue weighted by Gasteiger charge is -2.12. The number of aliphatic carboxylic acids is 1. The van der Waals surface area contributed by atoms with Crippen molar-refractivity contribution in [2.24, 2.45) is 11.8 Å². The Balaban J connectivity index is 2.93. The number of carbonyl (C=O) groups is 1. The van der Waals surface area contributed by atoms with E-state index in [9.17, 15) is 4.79 Å². The van der Waals surface area contributed by atoms with Gasteiger partial charge in [-0.3, -0.25) is 4.79 Å². The van der Waals surface area contributed by atoms with Gasteiger partial charge in [-0.2, -0.15) is 0 Å². The summed E-state index contributed by atoms with van der Waals surface area (Å²) in [6.07, 6.45) is 2.00. The van der Waals surface area contributed by atoms with E-state index >= 15 is 0 Å². The summed E-state index contributed by atoms with van der Waals surface area (Å²) in [5, 5.41) is 8.97. The third kappa shape index (κ3) is 1.52. The second-order valence-electron chi connectivity index (χ2n) is 3.86. The fourth-order valence-electron chi connectivity index (χ4n) is 2.00. The van der Waals surface area contributed by atoms with Gasteiger partial charge in [-0.15, -0.1) is 0 Å². The van der Waals surface area contributed by atoms with E-state index in [0.29, 0.717) is 5.92 Å². The van der Waals surface area contributed by atoms with Crippen molar-refractivity contribution in [2.45, 2.75) is 33.6 Å². The van der Waals surface area contributed by atoms with E-state index in [1.54, 1.807) is 0 Å². The zero-order valence-electron chi connectivity index (χ0n) is 7.92. The molecule has 1 aliphatic carbocycles. The standard InChI is InChI=1S/C10H16O2/c1-6(2)8-5-4-7(3)9(8)10(11)12/h7,9H,4-5H2,1-3H3,(H,11,12)/t7-,9?/m1/s1. The molecule has 1 aliphatic rings. The van der Waals surface area contributed by atoms with Gasteiger partial charge in [-0.1, -0.05) is 18.1 Å². The molecular weight excluding hydrogens is 152 g/mol. The molecule has 0 aromatic heterocycles. The molecule has 0 amide bonds. The van der Waals surface area contributed by atoms with Crippen LogP contribution in [0.1, 0.15) is 33.6 Å². The molecule has 12 heavy (non-hydrogen) atoms. The number of carboxylic acid groups (broad SMARTS) is 1. The third-order valence-corrected chi connectivity index (χ3v) is 2.72. The maximum Gasteiger partial charge on any atom is 0.310 e. The first kappa shape index (κ1) is 9.30. The number of rotatable bonds is 1. The molecule has 0 bridgehead atoms. The minimum atomic E-state index is -0.656. The van der Waals surface area contributed by atoms with Gasteiger partial charge in [0.1, 0.15) is 0 Å². The summed E-state index contributed by atoms with van der Waals surface area (Å²) in [6, 6.07) is 0. The van der Waals surface area contributed by atoms with E-state index in [4.69, 9.17) is 5.11 Å². The topological polar surface area (TPSA) is 37.3 Å². The fourth-order valence-corrected chi connectivity index (χ4v) is 2.00. The van der Waals surface area contributed by atoms with E-state index < -0.39 is 5.97 Å². The second kappa shape index (κ2) is 3.30. The Morgan fingerprint density at radius 3 is 2.42 bits per heavy atom. The zero-order valence-corrected chi connectivity index (χ0v) is 7.92. The summed E-state index contributed by atoms with van der Waals surface area (Å²) < 4.78 is 0. The van der Waals surface area contributed by atoms with Crippen LogP contribution in [0, 0.1) is 11.8 Å². The lowest BCUT2D eigenvalue weighted by atomic mass is 9.93. The van der Waals surface area contributed by atoms with Crippen LogP contribution in [-0.2, 0) is 4.79 Å². The maximum atomic E-state index is 10.9. The number of carboxylic acids is 1. The molecule has 0 aromatic carbocycles. The Morgan fingerprint density at radius 1 is 1.50 bits per heavy atom. The van der Waals surface area contributed by atoms with Crippen LogP contribution in [-0.4, -0.2) is 11.1 Å². The van der Waals surface area contributed by atoms with Crippen molar-refractivity contribution in [1.29, 1.82) is 0 Å². The van der Waals surface area contributed by atoms with E-state index in [1.807, 2.05) is 20.8 Å². The highest BCUT2D eigenvalue weighted by Gasteiger charge is 2.34. The Hall–Kier alpha value is -0.790. The van der Waals surface area contributed by atoms with Crippen LogP contribution in [0.2, 0.25) is 0 Å². The summed E-state index contributed by atoms with van der Waals surface area (Å²) in [5.74, 6) is -0.557. The second-order valence-corrected chi connectivity index (χ2v) is 3.86. The molecule has 0 radical (unpaired) electrons. The molecule has 1 fully saturated rings. The van der Waals surface area contributed by atoms with Crippen molar-refractivity contribution in [1.82, 2.24) is 0 Å². The first-order chi connectivity index (χ1) is 5.54. The smallest absolute Gasteiger partial charge is 0.310 e. The van der Waals surface area contributed by atoms with Crippen molar-refractivity contribution >= 4 is 5.97 Å². The van der Waals surface area contributed by atoms with E-state index in [2.05, 4.69) is 0 Å². The average Bonchev–Trinajstić information content (AvgIpc) is 2.30. The molecule has 0 aromatic rings. The van der Waals surface area contributed by atoms with Crippen LogP contribution in [0.4, 0.5) is 0 Å². The highest BCUT2D eigenvalue weighted by molar-refractivity contribution is 5.75. The Labute approximate surface area is 73.3 Å². The molecule has 1 saturated carbocycles. The van der Waals surface area contributed by atoms with Gasteiger partial charge in [0.25, 0.3) is 0 Å². The normalized spacial score (nSPS) is 29.1. The van der Waals surface area contributed by atoms with Crippen molar-refractivity contribution in [3.63, 3.8) is 0 Å². The summed E-state index contributed by atoms with van der Waals surface area (Å²) >= 11 is 0. The Kier molecular flexibility index (Phi) is 2.55. The average molecular weight is 168 g/mol. The lowest BCUT2D eigenvalue weighted by Crippen LogP contribution is -2.18. The zero-order chi connectivity index (χ0) is 9.30. The number of hydrogen-bond donors (Lipinski definition) is 1. The van der Waals surface area contributed by atoms with Gasteiger partial charge in [0, 0.05) is 0 Å². The first-order valence-corrected chi connectivity index (χ1v) is 4.43. The molecule has 1 N–H and O–H groups in total. The lowest BCUT2D eigenvalue weighted by molar-refractivity contribution is -0.141. The predicted molar refractivity (Wildman–Crippen MR) is 47.9 cm³/mol. The summed E-state index contributed by atoms with van der Waals surface area (Å²) in [4.78, 5) is 10.9. The van der Waals surface area contributed by atoms with Gasteiger partial charge in [-0.05, 0) is 32.6 Å². The molecule has 0 aliphatic heterocycles. The molecule has 0 heterocycles. The third-order valence-electron chi connectivity index (χ3n) is 2.72. The van der Waals surface area contributed by atoms with Crippen LogP contribution in [0.5, 0.6) is 0 Å². The SMILES string of the molecule is CC(C)=C1CC[C@@H](C)C1C(=O)O. The van der Waals surface area contributed by atoms with Crippen molar-refractivity contribution in [3.8, 4) is 0 Å². The highest BCUT2D eigenvalue weighted by Crippen LogP contribution is 2.38. The molecule has 0 spiro atoms. The van der Waals surface area contributed by atoms with Gasteiger partial charge in [0.15, 0.2) is 0 Å². The largest absolute Gasteiger partial charge is 0.481 e. The van der Waals surface area contributed by atoms with Crippen LogP contribution in [0.15, 0.2) is 11.1 Å². The van der Waals surface area contributed by atoms with Gasteiger partial charge >= 0.3 is 5.97 Å². The van der Waals surface area contributed by atoms with E-state index in [-0.39, 0.29) is 5.92 Å². The van der Waals surface area contributed by atoms with Gasteiger partial charge in [-0.25, -0.2) is 0 Å². The van der Waals surface area contributed by atoms with Crippen LogP contribution in [0.25, 0.3) is 0 Å². The first-order valence-electron chi connectivity index (χ1n) is 4.43. The maximum absolute atomic E-state index is 10.9. The van der Waals surface area contributed by atoms with Crippen molar-refractivity contribution in [2.75, 3.05) is 0 Å². The van der Waals surface area contributed by atoms with Gasteiger partial charge < -0.3 is 5.11 Å². The fraction of sp³-hybridized carbons (Fsp3) is 0.700. The quantitative estimate of drug-likeness (QED) is 0.610. The minimum absolute atomic E-state index is 0.213. The van der Waals surface area contributed by atoms with Gasteiger partial charge in [0.05, 0.1) is 5.92 Å². The minimum Gasteiger partial charge on any atom is -0.481 e. The van der Waals surface area contributed by atoms with Crippen LogP contribution >= 0.6 is 0 Å². The van der Waals surface area contributed by atoms with Crippen LogP contribution in [0.3, 0.4) is 0 Å².